The Bertz CT molecular complexity index is 912. The van der Waals surface area contributed by atoms with Gasteiger partial charge in [-0.1, -0.05) is 60.2 Å². The zero-order valence-corrected chi connectivity index (χ0v) is 25.5. The predicted molar refractivity (Wildman–Crippen MR) is 159 cm³/mol. The topological polar surface area (TPSA) is 87.2 Å². The summed E-state index contributed by atoms with van der Waals surface area (Å²) in [6.45, 7) is 9.11. The quantitative estimate of drug-likeness (QED) is 0.121. The molecule has 4 rings (SSSR count). The maximum Gasteiger partial charge on any atom is 0.310 e. The van der Waals surface area contributed by atoms with Crippen LogP contribution in [0.1, 0.15) is 77.0 Å². The molecule has 7 nitrogen and oxygen atoms in total. The number of hydrogen-bond acceptors (Lipinski definition) is 6. The van der Waals surface area contributed by atoms with E-state index in [9.17, 15) is 14.4 Å². The van der Waals surface area contributed by atoms with Gasteiger partial charge in [0.1, 0.15) is 6.04 Å². The first kappa shape index (κ1) is 30.6. The van der Waals surface area contributed by atoms with Crippen molar-refractivity contribution >= 4 is 45.5 Å². The summed E-state index contributed by atoms with van der Waals surface area (Å²) >= 11 is 5.51. The fourth-order valence-corrected chi connectivity index (χ4v) is 10.9. The third-order valence-corrected chi connectivity index (χ3v) is 12.2. The van der Waals surface area contributed by atoms with Gasteiger partial charge in [0.15, 0.2) is 0 Å². The van der Waals surface area contributed by atoms with Gasteiger partial charge in [0.05, 0.1) is 23.2 Å². The van der Waals surface area contributed by atoms with E-state index in [-0.39, 0.29) is 40.5 Å². The fraction of sp³-hybridized carbons (Fsp3) is 0.767. The van der Waals surface area contributed by atoms with Gasteiger partial charge >= 0.3 is 5.97 Å². The molecule has 0 aromatic rings. The molecule has 3 saturated heterocycles. The molecule has 1 spiro atoms. The summed E-state index contributed by atoms with van der Waals surface area (Å²) in [4.78, 5) is 46.1. The smallest absolute Gasteiger partial charge is 0.310 e. The van der Waals surface area contributed by atoms with Crippen molar-refractivity contribution in [3.63, 3.8) is 0 Å². The van der Waals surface area contributed by atoms with Gasteiger partial charge in [0.2, 0.25) is 11.8 Å². The number of fused-ring (bicyclic) bond motifs is 1. The van der Waals surface area contributed by atoms with Crippen LogP contribution in [0.2, 0.25) is 0 Å². The fourth-order valence-electron chi connectivity index (χ4n) is 7.27. The molecule has 4 aliphatic rings. The number of halogens is 1. The molecule has 9 heteroatoms. The van der Waals surface area contributed by atoms with Gasteiger partial charge in [-0.3, -0.25) is 14.4 Å². The van der Waals surface area contributed by atoms with Crippen molar-refractivity contribution in [2.45, 2.75) is 104 Å². The molecule has 2 bridgehead atoms. The number of likely N-dealkylation sites (tertiary alicyclic amines) is 1. The van der Waals surface area contributed by atoms with Crippen molar-refractivity contribution in [1.29, 1.82) is 0 Å². The number of thioether (sulfide) groups is 1. The summed E-state index contributed by atoms with van der Waals surface area (Å²) in [6.07, 6.45) is 14.4. The van der Waals surface area contributed by atoms with Crippen LogP contribution in [0, 0.1) is 11.8 Å². The largest absolute Gasteiger partial charge is 0.465 e. The Morgan fingerprint density at radius 1 is 1.13 bits per heavy atom. The van der Waals surface area contributed by atoms with Gasteiger partial charge in [-0.05, 0) is 44.9 Å². The van der Waals surface area contributed by atoms with Crippen LogP contribution < -0.4 is 0 Å². The third kappa shape index (κ3) is 6.15. The summed E-state index contributed by atoms with van der Waals surface area (Å²) < 4.78 is 5.05. The minimum absolute atomic E-state index is 0.0147. The number of rotatable bonds is 15. The molecular formula is C30H45BrN2O5S. The van der Waals surface area contributed by atoms with E-state index in [1.165, 1.54) is 6.42 Å². The highest BCUT2D eigenvalue weighted by atomic mass is 79.9. The van der Waals surface area contributed by atoms with Crippen LogP contribution in [0.4, 0.5) is 0 Å². The number of allylic oxidation sites excluding steroid dienone is 1. The number of aliphatic hydroxyl groups excluding tert-OH is 1. The molecule has 4 fully saturated rings. The standard InChI is InChI=1S/C30H45BrN2O5S/c1-3-5-13-19-38-29(37)23-24-27(35)33(17-11-6-7-12-18-34)26(30(24)20-22(31)25(23)39-30)28(36)32(16-4-2)21-14-9-8-10-15-21/h3-4,21-26,34H,1-2,5-20H2/t22?,23-,24+,25-,26?,30?/m1/s1. The van der Waals surface area contributed by atoms with Crippen LogP contribution in [0.25, 0.3) is 0 Å². The van der Waals surface area contributed by atoms with Crippen molar-refractivity contribution < 1.29 is 24.2 Å². The van der Waals surface area contributed by atoms with Crippen LogP contribution in [0.15, 0.2) is 25.3 Å². The van der Waals surface area contributed by atoms with Crippen LogP contribution in [-0.4, -0.2) is 85.9 Å². The zero-order chi connectivity index (χ0) is 28.0. The molecule has 0 aromatic carbocycles. The summed E-state index contributed by atoms with van der Waals surface area (Å²) in [6, 6.07) is -0.432. The Labute approximate surface area is 246 Å². The van der Waals surface area contributed by atoms with Crippen LogP contribution in [0.3, 0.4) is 0 Å². The number of aliphatic hydroxyl groups is 1. The number of carbonyl (C=O) groups excluding carboxylic acids is 3. The van der Waals surface area contributed by atoms with Gasteiger partial charge < -0.3 is 19.6 Å². The first-order valence-corrected chi connectivity index (χ1v) is 16.6. The molecule has 39 heavy (non-hydrogen) atoms. The van der Waals surface area contributed by atoms with Crippen molar-refractivity contribution in [2.75, 3.05) is 26.3 Å². The maximum atomic E-state index is 14.6. The predicted octanol–water partition coefficient (Wildman–Crippen LogP) is 4.86. The Morgan fingerprint density at radius 2 is 1.87 bits per heavy atom. The molecular weight excluding hydrogens is 580 g/mol. The van der Waals surface area contributed by atoms with E-state index in [0.29, 0.717) is 32.5 Å². The average molecular weight is 626 g/mol. The normalized spacial score (nSPS) is 31.8. The lowest BCUT2D eigenvalue weighted by Gasteiger charge is -2.41. The number of carbonyl (C=O) groups is 3. The van der Waals surface area contributed by atoms with E-state index >= 15 is 0 Å². The van der Waals surface area contributed by atoms with Crippen molar-refractivity contribution in [3.8, 4) is 0 Å². The number of ether oxygens (including phenoxy) is 1. The van der Waals surface area contributed by atoms with Gasteiger partial charge in [-0.25, -0.2) is 0 Å². The van der Waals surface area contributed by atoms with Crippen molar-refractivity contribution in [2.24, 2.45) is 11.8 Å². The zero-order valence-electron chi connectivity index (χ0n) is 23.1. The first-order valence-electron chi connectivity index (χ1n) is 14.8. The van der Waals surface area contributed by atoms with E-state index in [1.807, 2.05) is 9.80 Å². The Balaban J connectivity index is 1.63. The summed E-state index contributed by atoms with van der Waals surface area (Å²) in [7, 11) is 0. The van der Waals surface area contributed by atoms with Gasteiger partial charge in [0, 0.05) is 35.8 Å². The second kappa shape index (κ2) is 14.0. The molecule has 6 atom stereocenters. The van der Waals surface area contributed by atoms with E-state index in [1.54, 1.807) is 23.9 Å². The van der Waals surface area contributed by atoms with Gasteiger partial charge in [-0.15, -0.1) is 24.9 Å². The minimum Gasteiger partial charge on any atom is -0.465 e. The Morgan fingerprint density at radius 3 is 2.56 bits per heavy atom. The van der Waals surface area contributed by atoms with E-state index in [2.05, 4.69) is 29.1 Å². The summed E-state index contributed by atoms with van der Waals surface area (Å²) in [5.41, 5.74) is 0. The highest BCUT2D eigenvalue weighted by molar-refractivity contribution is 9.09. The molecule has 2 amide bonds. The molecule has 1 saturated carbocycles. The van der Waals surface area contributed by atoms with Crippen molar-refractivity contribution in [1.82, 2.24) is 9.80 Å². The van der Waals surface area contributed by atoms with Gasteiger partial charge in [-0.2, -0.15) is 0 Å². The molecule has 3 aliphatic heterocycles. The SMILES string of the molecule is C=CCCCOC(=O)[C@H]1[C@@H]2SC3(CC2Br)C(C(=O)N(CC=C)C2CCCCC2)N(CCCCCCO)C(=O)[C@H]13. The molecule has 1 N–H and O–H groups in total. The molecule has 3 heterocycles. The molecule has 1 aliphatic carbocycles. The summed E-state index contributed by atoms with van der Waals surface area (Å²) in [5.74, 6) is -1.47. The second-order valence-corrected chi connectivity index (χ2v) is 14.2. The molecule has 3 unspecified atom stereocenters. The van der Waals surface area contributed by atoms with E-state index in [0.717, 1.165) is 57.8 Å². The van der Waals surface area contributed by atoms with Crippen LogP contribution in [0.5, 0.6) is 0 Å². The van der Waals surface area contributed by atoms with E-state index < -0.39 is 22.6 Å². The molecule has 0 aromatic heterocycles. The number of unbranched alkanes of at least 4 members (excludes halogenated alkanes) is 4. The van der Waals surface area contributed by atoms with Crippen LogP contribution in [-0.2, 0) is 19.1 Å². The highest BCUT2D eigenvalue weighted by Gasteiger charge is 2.76. The lowest BCUT2D eigenvalue weighted by Crippen LogP contribution is -2.57. The lowest BCUT2D eigenvalue weighted by molar-refractivity contribution is -0.154. The number of amides is 2. The second-order valence-electron chi connectivity index (χ2n) is 11.5. The number of esters is 1. The van der Waals surface area contributed by atoms with E-state index in [4.69, 9.17) is 9.84 Å². The minimum atomic E-state index is -0.642. The molecule has 218 valence electrons. The maximum absolute atomic E-state index is 14.6. The molecule has 0 radical (unpaired) electrons. The Kier molecular flexibility index (Phi) is 11.0. The monoisotopic (exact) mass is 624 g/mol. The first-order chi connectivity index (χ1) is 18.9. The lowest BCUT2D eigenvalue weighted by atomic mass is 9.71. The van der Waals surface area contributed by atoms with Gasteiger partial charge in [0.25, 0.3) is 0 Å². The van der Waals surface area contributed by atoms with Crippen LogP contribution >= 0.6 is 27.7 Å². The number of alkyl halides is 1. The Hall–Kier alpha value is -1.32. The average Bonchev–Trinajstić information content (AvgIpc) is 3.53. The van der Waals surface area contributed by atoms with Crippen molar-refractivity contribution in [3.05, 3.63) is 25.3 Å². The number of hydrogen-bond donors (Lipinski definition) is 1. The summed E-state index contributed by atoms with van der Waals surface area (Å²) in [5, 5.41) is 9.08. The third-order valence-electron chi connectivity index (χ3n) is 9.02. The highest BCUT2D eigenvalue weighted by Crippen LogP contribution is 2.68. The number of nitrogens with zero attached hydrogens (tertiary/aromatic N) is 2.